The van der Waals surface area contributed by atoms with E-state index in [0.29, 0.717) is 11.9 Å². The summed E-state index contributed by atoms with van der Waals surface area (Å²) in [6.45, 7) is 2.05. The molecular formula is C15H19FN2O2. The molecule has 0 saturated heterocycles. The van der Waals surface area contributed by atoms with Gasteiger partial charge in [0.15, 0.2) is 0 Å². The van der Waals surface area contributed by atoms with Crippen molar-refractivity contribution in [3.05, 3.63) is 35.8 Å². The Morgan fingerprint density at radius 3 is 3.05 bits per heavy atom. The molecule has 1 aromatic heterocycles. The van der Waals surface area contributed by atoms with Crippen LogP contribution in [0, 0.1) is 5.82 Å². The predicted molar refractivity (Wildman–Crippen MR) is 75.9 cm³/mol. The fourth-order valence-electron chi connectivity index (χ4n) is 2.27. The van der Waals surface area contributed by atoms with Gasteiger partial charge >= 0.3 is 0 Å². The van der Waals surface area contributed by atoms with Crippen LogP contribution in [0.3, 0.4) is 0 Å². The third kappa shape index (κ3) is 3.57. The van der Waals surface area contributed by atoms with Crippen LogP contribution in [0.5, 0.6) is 0 Å². The quantitative estimate of drug-likeness (QED) is 0.758. The van der Waals surface area contributed by atoms with Gasteiger partial charge in [-0.2, -0.15) is 0 Å². The monoisotopic (exact) mass is 278 g/mol. The maximum atomic E-state index is 13.1. The Morgan fingerprint density at radius 1 is 1.50 bits per heavy atom. The maximum Gasteiger partial charge on any atom is 0.224 e. The summed E-state index contributed by atoms with van der Waals surface area (Å²) in [5, 5.41) is 12.5. The minimum atomic E-state index is -0.298. The molecule has 2 aromatic rings. The zero-order valence-corrected chi connectivity index (χ0v) is 11.4. The molecule has 20 heavy (non-hydrogen) atoms. The molecule has 0 aliphatic rings. The van der Waals surface area contributed by atoms with Crippen molar-refractivity contribution in [1.82, 2.24) is 10.3 Å². The van der Waals surface area contributed by atoms with E-state index in [-0.39, 0.29) is 30.8 Å². The molecule has 4 nitrogen and oxygen atoms in total. The minimum absolute atomic E-state index is 0.0392. The smallest absolute Gasteiger partial charge is 0.224 e. The van der Waals surface area contributed by atoms with Crippen molar-refractivity contribution in [3.8, 4) is 0 Å². The highest BCUT2D eigenvalue weighted by atomic mass is 19.1. The molecule has 1 aromatic carbocycles. The molecule has 108 valence electrons. The third-order valence-electron chi connectivity index (χ3n) is 3.28. The number of H-pyrrole nitrogens is 1. The molecule has 0 bridgehead atoms. The fraction of sp³-hybridized carbons (Fsp3) is 0.400. The summed E-state index contributed by atoms with van der Waals surface area (Å²) in [6, 6.07) is 4.53. The first kappa shape index (κ1) is 14.5. The zero-order chi connectivity index (χ0) is 14.5. The summed E-state index contributed by atoms with van der Waals surface area (Å²) in [4.78, 5) is 14.9. The van der Waals surface area contributed by atoms with E-state index in [2.05, 4.69) is 10.3 Å². The number of aliphatic hydroxyl groups excluding tert-OH is 1. The number of aromatic nitrogens is 1. The van der Waals surface area contributed by atoms with Crippen LogP contribution in [0.15, 0.2) is 24.4 Å². The van der Waals surface area contributed by atoms with Gasteiger partial charge in [0.05, 0.1) is 6.42 Å². The first-order valence-electron chi connectivity index (χ1n) is 6.76. The van der Waals surface area contributed by atoms with Gasteiger partial charge in [-0.15, -0.1) is 0 Å². The molecule has 0 saturated carbocycles. The number of fused-ring (bicyclic) bond motifs is 1. The largest absolute Gasteiger partial charge is 0.396 e. The Labute approximate surface area is 117 Å². The van der Waals surface area contributed by atoms with Gasteiger partial charge in [0, 0.05) is 29.7 Å². The molecule has 1 unspecified atom stereocenters. The van der Waals surface area contributed by atoms with Gasteiger partial charge in [0.1, 0.15) is 5.82 Å². The average Bonchev–Trinajstić information content (AvgIpc) is 2.78. The number of rotatable bonds is 6. The van der Waals surface area contributed by atoms with Crippen LogP contribution in [0.4, 0.5) is 4.39 Å². The molecule has 0 aliphatic carbocycles. The third-order valence-corrected chi connectivity index (χ3v) is 3.28. The lowest BCUT2D eigenvalue weighted by Crippen LogP contribution is -2.33. The molecule has 1 amide bonds. The van der Waals surface area contributed by atoms with E-state index >= 15 is 0 Å². The summed E-state index contributed by atoms with van der Waals surface area (Å²) in [6.07, 6.45) is 3.42. The van der Waals surface area contributed by atoms with Gasteiger partial charge in [0.25, 0.3) is 0 Å². The van der Waals surface area contributed by atoms with E-state index in [4.69, 9.17) is 5.11 Å². The molecule has 0 fully saturated rings. The molecular weight excluding hydrogens is 259 g/mol. The van der Waals surface area contributed by atoms with E-state index in [1.807, 2.05) is 6.92 Å². The van der Waals surface area contributed by atoms with Crippen LogP contribution in [0.2, 0.25) is 0 Å². The molecule has 3 N–H and O–H groups in total. The average molecular weight is 278 g/mol. The Kier molecular flexibility index (Phi) is 4.74. The van der Waals surface area contributed by atoms with Crippen LogP contribution in [0.25, 0.3) is 10.9 Å². The topological polar surface area (TPSA) is 65.1 Å². The van der Waals surface area contributed by atoms with E-state index in [1.165, 1.54) is 12.1 Å². The van der Waals surface area contributed by atoms with Crippen molar-refractivity contribution in [2.45, 2.75) is 32.2 Å². The first-order chi connectivity index (χ1) is 9.60. The van der Waals surface area contributed by atoms with Crippen LogP contribution in [-0.2, 0) is 11.2 Å². The second kappa shape index (κ2) is 6.52. The molecule has 0 spiro atoms. The SMILES string of the molecule is CC(CCCO)NC(=O)Cc1c[nH]c2cc(F)ccc12. The summed E-state index contributed by atoms with van der Waals surface area (Å²) in [5.41, 5.74) is 1.55. The van der Waals surface area contributed by atoms with Gasteiger partial charge in [-0.1, -0.05) is 0 Å². The van der Waals surface area contributed by atoms with Crippen molar-refractivity contribution >= 4 is 16.8 Å². The van der Waals surface area contributed by atoms with Crippen molar-refractivity contribution in [3.63, 3.8) is 0 Å². The van der Waals surface area contributed by atoms with Gasteiger partial charge in [0.2, 0.25) is 5.91 Å². The minimum Gasteiger partial charge on any atom is -0.396 e. The van der Waals surface area contributed by atoms with Crippen LogP contribution in [-0.4, -0.2) is 28.6 Å². The second-order valence-corrected chi connectivity index (χ2v) is 5.01. The Balaban J connectivity index is 1.99. The number of nitrogens with one attached hydrogen (secondary N) is 2. The van der Waals surface area contributed by atoms with Crippen molar-refractivity contribution < 1.29 is 14.3 Å². The molecule has 1 atom stereocenters. The van der Waals surface area contributed by atoms with Gasteiger partial charge < -0.3 is 15.4 Å². The van der Waals surface area contributed by atoms with Crippen molar-refractivity contribution in [2.75, 3.05) is 6.61 Å². The van der Waals surface area contributed by atoms with Crippen LogP contribution in [0.1, 0.15) is 25.3 Å². The Bertz CT molecular complexity index is 595. The number of hydrogen-bond donors (Lipinski definition) is 3. The molecule has 1 heterocycles. The van der Waals surface area contributed by atoms with E-state index < -0.39 is 0 Å². The summed E-state index contributed by atoms with van der Waals surface area (Å²) >= 11 is 0. The predicted octanol–water partition coefficient (Wildman–Crippen LogP) is 2.13. The number of aromatic amines is 1. The summed E-state index contributed by atoms with van der Waals surface area (Å²) in [7, 11) is 0. The lowest BCUT2D eigenvalue weighted by molar-refractivity contribution is -0.121. The lowest BCUT2D eigenvalue weighted by atomic mass is 10.1. The van der Waals surface area contributed by atoms with Crippen LogP contribution >= 0.6 is 0 Å². The number of aliphatic hydroxyl groups is 1. The standard InChI is InChI=1S/C15H19FN2O2/c1-10(3-2-6-19)18-15(20)7-11-9-17-14-8-12(16)4-5-13(11)14/h4-5,8-10,17,19H,2-3,6-7H2,1H3,(H,18,20). The van der Waals surface area contributed by atoms with Crippen molar-refractivity contribution in [1.29, 1.82) is 0 Å². The molecule has 0 radical (unpaired) electrons. The highest BCUT2D eigenvalue weighted by molar-refractivity contribution is 5.88. The van der Waals surface area contributed by atoms with Gasteiger partial charge in [-0.05, 0) is 43.5 Å². The van der Waals surface area contributed by atoms with Gasteiger partial charge in [-0.3, -0.25) is 4.79 Å². The molecule has 2 rings (SSSR count). The van der Waals surface area contributed by atoms with E-state index in [0.717, 1.165) is 17.4 Å². The summed E-state index contributed by atoms with van der Waals surface area (Å²) in [5.74, 6) is -0.367. The number of carbonyl (C=O) groups excluding carboxylic acids is 1. The van der Waals surface area contributed by atoms with E-state index in [9.17, 15) is 9.18 Å². The summed E-state index contributed by atoms with van der Waals surface area (Å²) < 4.78 is 13.1. The second-order valence-electron chi connectivity index (χ2n) is 5.01. The zero-order valence-electron chi connectivity index (χ0n) is 11.4. The fourth-order valence-corrected chi connectivity index (χ4v) is 2.27. The Hall–Kier alpha value is -1.88. The number of hydrogen-bond acceptors (Lipinski definition) is 2. The van der Waals surface area contributed by atoms with E-state index in [1.54, 1.807) is 12.3 Å². The molecule has 0 aliphatic heterocycles. The normalized spacial score (nSPS) is 12.6. The number of halogens is 1. The number of amides is 1. The first-order valence-corrected chi connectivity index (χ1v) is 6.76. The molecule has 5 heteroatoms. The number of benzene rings is 1. The van der Waals surface area contributed by atoms with Gasteiger partial charge in [-0.25, -0.2) is 4.39 Å². The maximum absolute atomic E-state index is 13.1. The number of carbonyl (C=O) groups is 1. The highest BCUT2D eigenvalue weighted by Gasteiger charge is 2.11. The lowest BCUT2D eigenvalue weighted by Gasteiger charge is -2.12. The van der Waals surface area contributed by atoms with Crippen LogP contribution < -0.4 is 5.32 Å². The highest BCUT2D eigenvalue weighted by Crippen LogP contribution is 2.19. The van der Waals surface area contributed by atoms with Crippen molar-refractivity contribution in [2.24, 2.45) is 0 Å². The Morgan fingerprint density at radius 2 is 2.30 bits per heavy atom.